The maximum Gasteiger partial charge on any atom is 0.490 e. The number of anilines is 1. The van der Waals surface area contributed by atoms with Crippen LogP contribution in [0.1, 0.15) is 30.1 Å². The number of benzene rings is 2. The van der Waals surface area contributed by atoms with Crippen LogP contribution in [0.3, 0.4) is 0 Å². The summed E-state index contributed by atoms with van der Waals surface area (Å²) in [5, 5.41) is 15.7. The van der Waals surface area contributed by atoms with E-state index in [1.807, 2.05) is 24.4 Å². The first-order chi connectivity index (χ1) is 28.1. The van der Waals surface area contributed by atoms with Crippen LogP contribution in [0.2, 0.25) is 0 Å². The second-order valence-corrected chi connectivity index (χ2v) is 15.0. The molecule has 58 heavy (non-hydrogen) atoms. The molecule has 0 unspecified atom stereocenters. The van der Waals surface area contributed by atoms with Gasteiger partial charge in [0.15, 0.2) is 11.5 Å². The van der Waals surface area contributed by atoms with Gasteiger partial charge in [-0.05, 0) is 62.3 Å². The summed E-state index contributed by atoms with van der Waals surface area (Å²) < 4.78 is 31.7. The smallest absolute Gasteiger partial charge is 0.475 e. The highest BCUT2D eigenvalue weighted by Crippen LogP contribution is 2.34. The molecule has 3 aliphatic rings. The summed E-state index contributed by atoms with van der Waals surface area (Å²) in [6.45, 7) is 9.44. The number of aromatic amines is 1. The Kier molecular flexibility index (Phi) is 11.4. The highest BCUT2D eigenvalue weighted by Gasteiger charge is 2.38. The summed E-state index contributed by atoms with van der Waals surface area (Å²) in [6, 6.07) is 28.0. The molecule has 3 fully saturated rings. The number of carbonyl (C=O) groups is 1. The molecule has 6 aromatic rings. The first-order valence-corrected chi connectivity index (χ1v) is 19.4. The summed E-state index contributed by atoms with van der Waals surface area (Å²) in [4.78, 5) is 42.9. The number of piperazine rings is 1. The molecule has 4 aromatic heterocycles. The molecule has 300 valence electrons. The molecule has 0 aliphatic carbocycles. The Hall–Kier alpha value is -5.84. The number of H-pyrrole nitrogens is 1. The molecule has 2 aromatic carbocycles. The molecule has 7 heterocycles. The lowest BCUT2D eigenvalue weighted by Gasteiger charge is -2.47. The van der Waals surface area contributed by atoms with E-state index in [0.29, 0.717) is 17.8 Å². The Labute approximate surface area is 333 Å². The van der Waals surface area contributed by atoms with Gasteiger partial charge in [-0.1, -0.05) is 60.7 Å². The van der Waals surface area contributed by atoms with Gasteiger partial charge in [-0.15, -0.1) is 0 Å². The number of fused-ring (bicyclic) bond motifs is 1. The number of piperidine rings is 1. The fraction of sp³-hybridized carbons (Fsp3) is 0.357. The van der Waals surface area contributed by atoms with Crippen LogP contribution in [0.4, 0.5) is 19.1 Å². The van der Waals surface area contributed by atoms with Crippen molar-refractivity contribution in [3.63, 3.8) is 0 Å². The minimum atomic E-state index is -5.08. The third-order valence-electron chi connectivity index (χ3n) is 11.1. The number of rotatable bonds is 8. The predicted molar refractivity (Wildman–Crippen MR) is 214 cm³/mol. The Morgan fingerprint density at radius 3 is 2.22 bits per heavy atom. The number of aliphatic carboxylic acids is 1. The van der Waals surface area contributed by atoms with E-state index in [0.717, 1.165) is 123 Å². The molecular formula is C42H44F3N11O2. The van der Waals surface area contributed by atoms with Gasteiger partial charge in [0.1, 0.15) is 11.5 Å². The average molecular weight is 792 g/mol. The standard InChI is InChI=1S/C40H43N11.C2HF3O2/c1-48-19-21-50(22-20-48)33-26-51(27-33)40-42-24-32-23-34(29-7-3-2-4-8-29)36(43-37(32)45-40)30-12-10-28(11-13-30)25-49-17-14-31(15-18-49)38-44-39(47-46-38)35-9-5-6-16-41-35;3-2(4,5)1(6)7/h2-13,16,23-24,31,33H,14-15,17-22,25-27H2,1H3,(H,44,46,47);(H,6,7). The zero-order chi connectivity index (χ0) is 40.2. The first kappa shape index (κ1) is 39.0. The van der Waals surface area contributed by atoms with Crippen LogP contribution in [0, 0.1) is 0 Å². The summed E-state index contributed by atoms with van der Waals surface area (Å²) in [7, 11) is 2.21. The third-order valence-corrected chi connectivity index (χ3v) is 11.1. The lowest BCUT2D eigenvalue weighted by atomic mass is 9.95. The third kappa shape index (κ3) is 8.98. The summed E-state index contributed by atoms with van der Waals surface area (Å²) in [5.41, 5.74) is 7.10. The van der Waals surface area contributed by atoms with Crippen molar-refractivity contribution in [2.24, 2.45) is 0 Å². The molecule has 16 heteroatoms. The van der Waals surface area contributed by atoms with Crippen LogP contribution in [-0.2, 0) is 11.3 Å². The topological polar surface area (TPSA) is 143 Å². The minimum absolute atomic E-state index is 0.382. The molecule has 0 spiro atoms. The molecule has 0 amide bonds. The van der Waals surface area contributed by atoms with Crippen LogP contribution in [0.25, 0.3) is 44.9 Å². The van der Waals surface area contributed by atoms with Gasteiger partial charge in [-0.2, -0.15) is 23.3 Å². The number of carboxylic acids is 1. The van der Waals surface area contributed by atoms with Gasteiger partial charge in [0.05, 0.1) is 5.69 Å². The average Bonchev–Trinajstić information content (AvgIpc) is 3.72. The van der Waals surface area contributed by atoms with Crippen LogP contribution in [0.15, 0.2) is 91.3 Å². The molecule has 0 radical (unpaired) electrons. The Balaban J connectivity index is 0.000000617. The molecule has 0 bridgehead atoms. The number of likely N-dealkylation sites (N-methyl/N-ethyl adjacent to an activating group) is 1. The molecule has 9 rings (SSSR count). The van der Waals surface area contributed by atoms with E-state index in [1.165, 1.54) is 5.56 Å². The maximum absolute atomic E-state index is 10.6. The lowest BCUT2D eigenvalue weighted by molar-refractivity contribution is -0.192. The Morgan fingerprint density at radius 1 is 0.845 bits per heavy atom. The van der Waals surface area contributed by atoms with Gasteiger partial charge < -0.3 is 14.9 Å². The van der Waals surface area contributed by atoms with E-state index >= 15 is 0 Å². The Bertz CT molecular complexity index is 2310. The number of likely N-dealkylation sites (tertiary alicyclic amines) is 1. The van der Waals surface area contributed by atoms with Crippen molar-refractivity contribution in [1.29, 1.82) is 0 Å². The highest BCUT2D eigenvalue weighted by atomic mass is 19.4. The van der Waals surface area contributed by atoms with Gasteiger partial charge in [0.2, 0.25) is 5.95 Å². The number of aromatic nitrogens is 7. The number of pyridine rings is 2. The van der Waals surface area contributed by atoms with Gasteiger partial charge in [-0.3, -0.25) is 19.9 Å². The van der Waals surface area contributed by atoms with Crippen molar-refractivity contribution in [3.05, 3.63) is 103 Å². The van der Waals surface area contributed by atoms with Crippen molar-refractivity contribution < 1.29 is 23.1 Å². The van der Waals surface area contributed by atoms with Crippen LogP contribution in [-0.4, -0.2) is 133 Å². The van der Waals surface area contributed by atoms with Crippen LogP contribution >= 0.6 is 0 Å². The number of hydrogen-bond acceptors (Lipinski definition) is 11. The van der Waals surface area contributed by atoms with E-state index < -0.39 is 12.1 Å². The second kappa shape index (κ2) is 16.9. The van der Waals surface area contributed by atoms with Gasteiger partial charge in [-0.25, -0.2) is 19.7 Å². The minimum Gasteiger partial charge on any atom is -0.475 e. The van der Waals surface area contributed by atoms with Gasteiger partial charge in [0.25, 0.3) is 0 Å². The van der Waals surface area contributed by atoms with Crippen molar-refractivity contribution in [2.45, 2.75) is 37.5 Å². The predicted octanol–water partition coefficient (Wildman–Crippen LogP) is 5.99. The SMILES string of the molecule is CN1CCN(C2CN(c3ncc4cc(-c5ccccc5)c(-c5ccc(CN6CCC(c7nc(-c8ccccn8)n[nH]7)CC6)cc5)nc4n3)C2)CC1.O=C(O)C(F)(F)F. The van der Waals surface area contributed by atoms with Gasteiger partial charge >= 0.3 is 12.1 Å². The lowest BCUT2D eigenvalue weighted by Crippen LogP contribution is -2.63. The summed E-state index contributed by atoms with van der Waals surface area (Å²) in [5.74, 6) is 0.0346. The fourth-order valence-corrected chi connectivity index (χ4v) is 7.66. The van der Waals surface area contributed by atoms with Gasteiger partial charge in [0, 0.05) is 86.7 Å². The molecule has 2 N–H and O–H groups in total. The molecule has 0 atom stereocenters. The highest BCUT2D eigenvalue weighted by molar-refractivity contribution is 5.90. The van der Waals surface area contributed by atoms with E-state index in [2.05, 4.69) is 102 Å². The monoisotopic (exact) mass is 791 g/mol. The van der Waals surface area contributed by atoms with Crippen molar-refractivity contribution in [3.8, 4) is 33.9 Å². The van der Waals surface area contributed by atoms with Crippen molar-refractivity contribution >= 4 is 23.0 Å². The summed E-state index contributed by atoms with van der Waals surface area (Å²) >= 11 is 0. The molecule has 3 aliphatic heterocycles. The van der Waals surface area contributed by atoms with E-state index in [1.54, 1.807) is 6.20 Å². The molecule has 3 saturated heterocycles. The maximum atomic E-state index is 10.6. The van der Waals surface area contributed by atoms with Crippen LogP contribution in [0.5, 0.6) is 0 Å². The zero-order valence-corrected chi connectivity index (χ0v) is 32.1. The van der Waals surface area contributed by atoms with Crippen molar-refractivity contribution in [1.82, 2.24) is 49.8 Å². The zero-order valence-electron chi connectivity index (χ0n) is 32.1. The quantitative estimate of drug-likeness (QED) is 0.187. The first-order valence-electron chi connectivity index (χ1n) is 19.4. The molecular weight excluding hydrogens is 748 g/mol. The number of halogens is 3. The van der Waals surface area contributed by atoms with E-state index in [-0.39, 0.29) is 0 Å². The molecule has 0 saturated carbocycles. The van der Waals surface area contributed by atoms with E-state index in [9.17, 15) is 13.2 Å². The number of carboxylic acid groups (broad SMARTS) is 1. The largest absolute Gasteiger partial charge is 0.490 e. The fourth-order valence-electron chi connectivity index (χ4n) is 7.66. The molecule has 13 nitrogen and oxygen atoms in total. The van der Waals surface area contributed by atoms with Crippen molar-refractivity contribution in [2.75, 3.05) is 64.3 Å². The number of nitrogens with one attached hydrogen (secondary N) is 1. The normalized spacial score (nSPS) is 17.5. The van der Waals surface area contributed by atoms with Crippen LogP contribution < -0.4 is 4.90 Å². The summed E-state index contributed by atoms with van der Waals surface area (Å²) in [6.07, 6.45) is 0.736. The second-order valence-electron chi connectivity index (χ2n) is 15.0. The number of nitrogens with zero attached hydrogens (tertiary/aromatic N) is 10. The number of alkyl halides is 3. The van der Waals surface area contributed by atoms with E-state index in [4.69, 9.17) is 29.8 Å². The number of hydrogen-bond donors (Lipinski definition) is 2. The Morgan fingerprint density at radius 2 is 1.55 bits per heavy atom.